The van der Waals surface area contributed by atoms with Gasteiger partial charge in [-0.25, -0.2) is 0 Å². The largest absolute Gasteiger partial charge is 0.466 e. The highest BCUT2D eigenvalue weighted by atomic mass is 16.5. The smallest absolute Gasteiger partial charge is 0.306 e. The summed E-state index contributed by atoms with van der Waals surface area (Å²) in [5, 5.41) is 1.16. The molecule has 1 unspecified atom stereocenters. The molecule has 0 bridgehead atoms. The normalized spacial score (nSPS) is 12.1. The maximum absolute atomic E-state index is 12.4. The zero-order valence-electron chi connectivity index (χ0n) is 17.5. The van der Waals surface area contributed by atoms with Crippen LogP contribution in [0.5, 0.6) is 0 Å². The van der Waals surface area contributed by atoms with Gasteiger partial charge in [0.25, 0.3) is 0 Å². The van der Waals surface area contributed by atoms with Crippen LogP contribution in [0, 0.1) is 6.92 Å². The standard InChI is InChI=1S/C27H27NO2/c1-3-30-27(29)17-24(22-12-8-7-9-19(22)2)25-18-28-26-16-21(13-14-23(25)26)15-20-10-5-4-6-11-20/h4-14,16,18,24,28H,3,15,17H2,1-2H3. The minimum Gasteiger partial charge on any atom is -0.466 e. The topological polar surface area (TPSA) is 42.1 Å². The average Bonchev–Trinajstić information content (AvgIpc) is 3.17. The molecular formula is C27H27NO2. The third-order valence-electron chi connectivity index (χ3n) is 5.64. The number of carbonyl (C=O) groups is 1. The molecule has 0 aliphatic heterocycles. The Morgan fingerprint density at radius 3 is 2.47 bits per heavy atom. The number of hydrogen-bond donors (Lipinski definition) is 1. The molecule has 0 spiro atoms. The fourth-order valence-corrected chi connectivity index (χ4v) is 4.18. The molecule has 30 heavy (non-hydrogen) atoms. The van der Waals surface area contributed by atoms with Crippen LogP contribution < -0.4 is 0 Å². The molecule has 4 rings (SSSR count). The van der Waals surface area contributed by atoms with Crippen molar-refractivity contribution < 1.29 is 9.53 Å². The Hall–Kier alpha value is -3.33. The van der Waals surface area contributed by atoms with E-state index < -0.39 is 0 Å². The number of aromatic nitrogens is 1. The number of fused-ring (bicyclic) bond motifs is 1. The molecular weight excluding hydrogens is 370 g/mol. The number of rotatable bonds is 7. The summed E-state index contributed by atoms with van der Waals surface area (Å²) in [6.45, 7) is 4.34. The lowest BCUT2D eigenvalue weighted by molar-refractivity contribution is -0.143. The number of aryl methyl sites for hydroxylation is 1. The van der Waals surface area contributed by atoms with E-state index >= 15 is 0 Å². The lowest BCUT2D eigenvalue weighted by Gasteiger charge is -2.19. The highest BCUT2D eigenvalue weighted by molar-refractivity contribution is 5.86. The summed E-state index contributed by atoms with van der Waals surface area (Å²) in [6.07, 6.45) is 3.28. The van der Waals surface area contributed by atoms with E-state index in [0.717, 1.165) is 22.9 Å². The second kappa shape index (κ2) is 9.00. The van der Waals surface area contributed by atoms with E-state index in [-0.39, 0.29) is 11.9 Å². The number of carbonyl (C=O) groups excluding carboxylic acids is 1. The van der Waals surface area contributed by atoms with E-state index in [9.17, 15) is 4.79 Å². The first-order valence-electron chi connectivity index (χ1n) is 10.5. The first-order valence-corrected chi connectivity index (χ1v) is 10.5. The molecule has 0 fully saturated rings. The molecule has 3 aromatic carbocycles. The van der Waals surface area contributed by atoms with E-state index in [1.165, 1.54) is 22.3 Å². The Morgan fingerprint density at radius 1 is 0.933 bits per heavy atom. The van der Waals surface area contributed by atoms with Crippen LogP contribution >= 0.6 is 0 Å². The molecule has 0 radical (unpaired) electrons. The van der Waals surface area contributed by atoms with Crippen molar-refractivity contribution in [1.29, 1.82) is 0 Å². The van der Waals surface area contributed by atoms with Crippen LogP contribution in [0.15, 0.2) is 79.0 Å². The summed E-state index contributed by atoms with van der Waals surface area (Å²) >= 11 is 0. The molecule has 3 heteroatoms. The van der Waals surface area contributed by atoms with Gasteiger partial charge in [0, 0.05) is 23.0 Å². The van der Waals surface area contributed by atoms with Crippen molar-refractivity contribution in [3.8, 4) is 0 Å². The monoisotopic (exact) mass is 397 g/mol. The molecule has 1 heterocycles. The zero-order valence-corrected chi connectivity index (χ0v) is 17.5. The van der Waals surface area contributed by atoms with Crippen LogP contribution in [0.25, 0.3) is 10.9 Å². The van der Waals surface area contributed by atoms with Gasteiger partial charge < -0.3 is 9.72 Å². The molecule has 1 aromatic heterocycles. The van der Waals surface area contributed by atoms with Crippen molar-refractivity contribution in [3.63, 3.8) is 0 Å². The number of H-pyrrole nitrogens is 1. The Morgan fingerprint density at radius 2 is 1.70 bits per heavy atom. The lowest BCUT2D eigenvalue weighted by atomic mass is 9.85. The van der Waals surface area contributed by atoms with Gasteiger partial charge in [0.15, 0.2) is 0 Å². The number of nitrogens with one attached hydrogen (secondary N) is 1. The third-order valence-corrected chi connectivity index (χ3v) is 5.64. The maximum atomic E-state index is 12.4. The molecule has 4 aromatic rings. The molecule has 0 saturated heterocycles. The summed E-state index contributed by atoms with van der Waals surface area (Å²) in [4.78, 5) is 15.8. The fraction of sp³-hybridized carbons (Fsp3) is 0.222. The maximum Gasteiger partial charge on any atom is 0.306 e. The molecule has 152 valence electrons. The van der Waals surface area contributed by atoms with Crippen LogP contribution in [-0.2, 0) is 16.0 Å². The summed E-state index contributed by atoms with van der Waals surface area (Å²) in [6, 6.07) is 25.3. The van der Waals surface area contributed by atoms with Crippen molar-refractivity contribution in [1.82, 2.24) is 4.98 Å². The van der Waals surface area contributed by atoms with Gasteiger partial charge in [-0.1, -0.05) is 66.7 Å². The molecule has 1 N–H and O–H groups in total. The van der Waals surface area contributed by atoms with E-state index in [1.54, 1.807) is 0 Å². The van der Waals surface area contributed by atoms with Gasteiger partial charge in [-0.15, -0.1) is 0 Å². The van der Waals surface area contributed by atoms with Crippen LogP contribution in [0.4, 0.5) is 0 Å². The van der Waals surface area contributed by atoms with Crippen LogP contribution in [0.3, 0.4) is 0 Å². The minimum atomic E-state index is -0.166. The van der Waals surface area contributed by atoms with Gasteiger partial charge in [0.1, 0.15) is 0 Å². The van der Waals surface area contributed by atoms with E-state index in [4.69, 9.17) is 4.74 Å². The highest BCUT2D eigenvalue weighted by Crippen LogP contribution is 2.35. The number of ether oxygens (including phenoxy) is 1. The fourth-order valence-electron chi connectivity index (χ4n) is 4.18. The van der Waals surface area contributed by atoms with E-state index in [1.807, 2.05) is 31.3 Å². The quantitative estimate of drug-likeness (QED) is 0.380. The summed E-state index contributed by atoms with van der Waals surface area (Å²) in [5.41, 5.74) is 7.14. The number of benzene rings is 3. The Balaban J connectivity index is 1.70. The van der Waals surface area contributed by atoms with Crippen LogP contribution in [0.1, 0.15) is 47.1 Å². The van der Waals surface area contributed by atoms with Crippen molar-refractivity contribution in [2.75, 3.05) is 6.61 Å². The first kappa shape index (κ1) is 20.0. The number of esters is 1. The minimum absolute atomic E-state index is 0.0426. The van der Waals surface area contributed by atoms with Crippen LogP contribution in [0.2, 0.25) is 0 Å². The molecule has 3 nitrogen and oxygen atoms in total. The summed E-state index contributed by atoms with van der Waals surface area (Å²) < 4.78 is 5.28. The van der Waals surface area contributed by atoms with Crippen molar-refractivity contribution >= 4 is 16.9 Å². The van der Waals surface area contributed by atoms with Crippen molar-refractivity contribution in [2.24, 2.45) is 0 Å². The van der Waals surface area contributed by atoms with Gasteiger partial charge in [-0.05, 0) is 54.2 Å². The number of hydrogen-bond acceptors (Lipinski definition) is 2. The Bertz CT molecular complexity index is 1140. The lowest BCUT2D eigenvalue weighted by Crippen LogP contribution is -2.12. The van der Waals surface area contributed by atoms with Gasteiger partial charge in [0.05, 0.1) is 13.0 Å². The van der Waals surface area contributed by atoms with Gasteiger partial charge in [-0.3, -0.25) is 4.79 Å². The van der Waals surface area contributed by atoms with Crippen molar-refractivity contribution in [3.05, 3.63) is 107 Å². The van der Waals surface area contributed by atoms with Gasteiger partial charge in [-0.2, -0.15) is 0 Å². The third kappa shape index (κ3) is 4.30. The highest BCUT2D eigenvalue weighted by Gasteiger charge is 2.23. The Kier molecular flexibility index (Phi) is 5.99. The Labute approximate surface area is 177 Å². The second-order valence-electron chi connectivity index (χ2n) is 7.70. The molecule has 0 aliphatic rings. The molecule has 0 amide bonds. The predicted molar refractivity (Wildman–Crippen MR) is 122 cm³/mol. The predicted octanol–water partition coefficient (Wildman–Crippen LogP) is 6.15. The van der Waals surface area contributed by atoms with E-state index in [2.05, 4.69) is 66.5 Å². The second-order valence-corrected chi connectivity index (χ2v) is 7.70. The summed E-state index contributed by atoms with van der Waals surface area (Å²) in [5.74, 6) is -0.209. The van der Waals surface area contributed by atoms with Gasteiger partial charge >= 0.3 is 5.97 Å². The van der Waals surface area contributed by atoms with Gasteiger partial charge in [0.2, 0.25) is 0 Å². The van der Waals surface area contributed by atoms with E-state index in [0.29, 0.717) is 13.0 Å². The van der Waals surface area contributed by atoms with Crippen LogP contribution in [-0.4, -0.2) is 17.6 Å². The van der Waals surface area contributed by atoms with Crippen molar-refractivity contribution in [2.45, 2.75) is 32.6 Å². The summed E-state index contributed by atoms with van der Waals surface area (Å²) in [7, 11) is 0. The number of aromatic amines is 1. The zero-order chi connectivity index (χ0) is 20.9. The first-order chi connectivity index (χ1) is 14.7. The average molecular weight is 398 g/mol. The SMILES string of the molecule is CCOC(=O)CC(c1ccccc1C)c1c[nH]c2cc(Cc3ccccc3)ccc12. The molecule has 0 saturated carbocycles. The molecule has 1 atom stereocenters. The molecule has 0 aliphatic carbocycles.